The molecule has 0 fully saturated rings. The molecule has 4 heteroatoms. The number of rotatable bonds is 8. The standard InChI is InChI=1S/C22H46N4/c1-23(2,3)15-19-13-21(17-25(7,8)9)22(18-26(10,11)12)14-20(19)16-24(4,5)6/h13-14H,15-18H2,1-12H3/q+4. The quantitative estimate of drug-likeness (QED) is 0.620. The molecule has 150 valence electrons. The SMILES string of the molecule is C[N+](C)(C)Cc1cc(C[N+](C)(C)C)c(C[N+](C)(C)C)cc1C[N+](C)(C)C. The summed E-state index contributed by atoms with van der Waals surface area (Å²) in [5.74, 6) is 0. The predicted molar refractivity (Wildman–Crippen MR) is 113 cm³/mol. The van der Waals surface area contributed by atoms with Crippen molar-refractivity contribution in [2.45, 2.75) is 26.2 Å². The summed E-state index contributed by atoms with van der Waals surface area (Å²) < 4.78 is 3.84. The van der Waals surface area contributed by atoms with Crippen molar-refractivity contribution >= 4 is 0 Å². The molecule has 0 saturated carbocycles. The molecular formula is C22H46N4+4. The van der Waals surface area contributed by atoms with Gasteiger partial charge < -0.3 is 17.9 Å². The zero-order chi connectivity index (χ0) is 20.6. The van der Waals surface area contributed by atoms with Crippen molar-refractivity contribution in [3.63, 3.8) is 0 Å². The van der Waals surface area contributed by atoms with Crippen LogP contribution in [0.1, 0.15) is 22.3 Å². The molecule has 0 bridgehead atoms. The van der Waals surface area contributed by atoms with Gasteiger partial charge in [-0.05, 0) is 12.1 Å². The molecule has 0 saturated heterocycles. The summed E-state index contributed by atoms with van der Waals surface area (Å²) in [6, 6.07) is 5.03. The fourth-order valence-electron chi connectivity index (χ4n) is 3.42. The van der Waals surface area contributed by atoms with Crippen molar-refractivity contribution in [2.75, 3.05) is 84.6 Å². The summed E-state index contributed by atoms with van der Waals surface area (Å²) in [7, 11) is 27.4. The van der Waals surface area contributed by atoms with Gasteiger partial charge in [0.15, 0.2) is 0 Å². The zero-order valence-corrected chi connectivity index (χ0v) is 19.8. The largest absolute Gasteiger partial charge is 0.327 e. The minimum absolute atomic E-state index is 0.961. The topological polar surface area (TPSA) is 0 Å². The average molecular weight is 367 g/mol. The lowest BCUT2D eigenvalue weighted by atomic mass is 9.95. The lowest BCUT2D eigenvalue weighted by Crippen LogP contribution is -2.38. The summed E-state index contributed by atoms with van der Waals surface area (Å²) >= 11 is 0. The zero-order valence-electron chi connectivity index (χ0n) is 19.8. The van der Waals surface area contributed by atoms with Crippen LogP contribution < -0.4 is 0 Å². The van der Waals surface area contributed by atoms with E-state index in [0.29, 0.717) is 0 Å². The van der Waals surface area contributed by atoms with Gasteiger partial charge in [0.25, 0.3) is 0 Å². The molecule has 0 spiro atoms. The lowest BCUT2D eigenvalue weighted by molar-refractivity contribution is -0.888. The minimum atomic E-state index is 0.961. The number of nitrogens with zero attached hydrogens (tertiary/aromatic N) is 4. The van der Waals surface area contributed by atoms with Crippen molar-refractivity contribution in [3.05, 3.63) is 34.4 Å². The summed E-state index contributed by atoms with van der Waals surface area (Å²) in [6.45, 7) is 4.29. The Bertz CT molecular complexity index is 499. The minimum Gasteiger partial charge on any atom is -0.327 e. The van der Waals surface area contributed by atoms with E-state index in [1.165, 1.54) is 22.3 Å². The van der Waals surface area contributed by atoms with Crippen molar-refractivity contribution in [2.24, 2.45) is 0 Å². The molecule has 0 aromatic heterocycles. The molecule has 0 atom stereocenters. The van der Waals surface area contributed by atoms with Crippen molar-refractivity contribution < 1.29 is 17.9 Å². The molecule has 1 aromatic rings. The molecule has 0 N–H and O–H groups in total. The molecule has 0 aliphatic heterocycles. The first kappa shape index (κ1) is 23.1. The average Bonchev–Trinajstić information content (AvgIpc) is 2.26. The molecule has 1 aromatic carbocycles. The molecule has 0 aliphatic rings. The van der Waals surface area contributed by atoms with E-state index in [-0.39, 0.29) is 0 Å². The van der Waals surface area contributed by atoms with Crippen LogP contribution >= 0.6 is 0 Å². The third-order valence-corrected chi connectivity index (χ3v) is 4.10. The predicted octanol–water partition coefficient (Wildman–Crippen LogP) is 2.51. The van der Waals surface area contributed by atoms with Crippen LogP contribution in [0.25, 0.3) is 0 Å². The van der Waals surface area contributed by atoms with Crippen LogP contribution in [0.2, 0.25) is 0 Å². The van der Waals surface area contributed by atoms with Gasteiger partial charge in [0.2, 0.25) is 0 Å². The molecule has 0 radical (unpaired) electrons. The Hall–Kier alpha value is -0.940. The summed E-state index contributed by atoms with van der Waals surface area (Å²) in [6.07, 6.45) is 0. The molecule has 26 heavy (non-hydrogen) atoms. The lowest BCUT2D eigenvalue weighted by Gasteiger charge is -2.32. The van der Waals surface area contributed by atoms with Gasteiger partial charge in [0, 0.05) is 22.3 Å². The van der Waals surface area contributed by atoms with Gasteiger partial charge in [-0.1, -0.05) is 0 Å². The van der Waals surface area contributed by atoms with Gasteiger partial charge in [0.05, 0.1) is 84.6 Å². The first-order chi connectivity index (χ1) is 11.3. The Morgan fingerprint density at radius 1 is 0.385 bits per heavy atom. The van der Waals surface area contributed by atoms with Crippen LogP contribution in [-0.4, -0.2) is 103 Å². The van der Waals surface area contributed by atoms with Gasteiger partial charge in [-0.25, -0.2) is 0 Å². The van der Waals surface area contributed by atoms with Gasteiger partial charge in [-0.2, -0.15) is 0 Å². The second-order valence-electron chi connectivity index (χ2n) is 12.2. The molecule has 4 nitrogen and oxygen atoms in total. The molecule has 0 amide bonds. The summed E-state index contributed by atoms with van der Waals surface area (Å²) in [4.78, 5) is 0. The highest BCUT2D eigenvalue weighted by molar-refractivity contribution is 5.37. The Balaban J connectivity index is 3.53. The molecular weight excluding hydrogens is 320 g/mol. The monoisotopic (exact) mass is 366 g/mol. The van der Waals surface area contributed by atoms with Crippen molar-refractivity contribution in [1.82, 2.24) is 0 Å². The summed E-state index contributed by atoms with van der Waals surface area (Å²) in [5, 5.41) is 0. The second kappa shape index (κ2) is 7.59. The Morgan fingerprint density at radius 2 is 0.538 bits per heavy atom. The van der Waals surface area contributed by atoms with Crippen LogP contribution in [0.4, 0.5) is 0 Å². The van der Waals surface area contributed by atoms with Crippen LogP contribution in [0.3, 0.4) is 0 Å². The maximum absolute atomic E-state index is 2.52. The van der Waals surface area contributed by atoms with E-state index in [1.807, 2.05) is 0 Å². The van der Waals surface area contributed by atoms with Crippen LogP contribution in [0.15, 0.2) is 12.1 Å². The Morgan fingerprint density at radius 3 is 0.654 bits per heavy atom. The highest BCUT2D eigenvalue weighted by Gasteiger charge is 2.24. The normalized spacial score (nSPS) is 14.0. The third-order valence-electron chi connectivity index (χ3n) is 4.10. The number of quaternary nitrogens is 4. The van der Waals surface area contributed by atoms with E-state index in [0.717, 1.165) is 44.1 Å². The first-order valence-electron chi connectivity index (χ1n) is 9.70. The number of hydrogen-bond acceptors (Lipinski definition) is 0. The van der Waals surface area contributed by atoms with E-state index in [1.54, 1.807) is 0 Å². The number of benzene rings is 1. The van der Waals surface area contributed by atoms with Crippen LogP contribution in [0.5, 0.6) is 0 Å². The van der Waals surface area contributed by atoms with Gasteiger partial charge in [-0.15, -0.1) is 0 Å². The second-order valence-corrected chi connectivity index (χ2v) is 12.2. The molecule has 0 unspecified atom stereocenters. The molecule has 0 heterocycles. The number of hydrogen-bond donors (Lipinski definition) is 0. The fourth-order valence-corrected chi connectivity index (χ4v) is 3.42. The van der Waals surface area contributed by atoms with E-state index in [4.69, 9.17) is 0 Å². The van der Waals surface area contributed by atoms with Crippen molar-refractivity contribution in [1.29, 1.82) is 0 Å². The van der Waals surface area contributed by atoms with Gasteiger partial charge in [-0.3, -0.25) is 0 Å². The first-order valence-corrected chi connectivity index (χ1v) is 9.70. The van der Waals surface area contributed by atoms with Crippen molar-refractivity contribution in [3.8, 4) is 0 Å². The Labute approximate surface area is 163 Å². The van der Waals surface area contributed by atoms with Crippen LogP contribution in [-0.2, 0) is 26.2 Å². The van der Waals surface area contributed by atoms with Gasteiger partial charge in [0.1, 0.15) is 26.2 Å². The van der Waals surface area contributed by atoms with Crippen LogP contribution in [0, 0.1) is 0 Å². The molecule has 0 aliphatic carbocycles. The smallest absolute Gasteiger partial charge is 0.104 e. The highest BCUT2D eigenvalue weighted by atomic mass is 15.3. The van der Waals surface area contributed by atoms with E-state index < -0.39 is 0 Å². The Kier molecular flexibility index (Phi) is 6.74. The maximum atomic E-state index is 2.52. The maximum Gasteiger partial charge on any atom is 0.104 e. The van der Waals surface area contributed by atoms with E-state index in [2.05, 4.69) is 96.7 Å². The molecule has 1 rings (SSSR count). The fraction of sp³-hybridized carbons (Fsp3) is 0.727. The summed E-state index contributed by atoms with van der Waals surface area (Å²) in [5.41, 5.74) is 6.05. The van der Waals surface area contributed by atoms with Gasteiger partial charge >= 0.3 is 0 Å². The van der Waals surface area contributed by atoms with E-state index in [9.17, 15) is 0 Å². The third kappa shape index (κ3) is 9.13. The van der Waals surface area contributed by atoms with E-state index >= 15 is 0 Å². The highest BCUT2D eigenvalue weighted by Crippen LogP contribution is 2.25.